The first-order valence-corrected chi connectivity index (χ1v) is 5.45. The second-order valence-electron chi connectivity index (χ2n) is 2.59. The predicted molar refractivity (Wildman–Crippen MR) is 60.9 cm³/mol. The van der Waals surface area contributed by atoms with Gasteiger partial charge in [0.1, 0.15) is 5.82 Å². The first kappa shape index (κ1) is 10.8. The van der Waals surface area contributed by atoms with Gasteiger partial charge in [-0.05, 0) is 0 Å². The summed E-state index contributed by atoms with van der Waals surface area (Å²) in [5.41, 5.74) is -0.138. The molecule has 1 aromatic heterocycles. The van der Waals surface area contributed by atoms with Crippen molar-refractivity contribution in [2.24, 2.45) is 0 Å². The molecule has 0 aliphatic heterocycles. The molecule has 4 nitrogen and oxygen atoms in total. The third-order valence-corrected chi connectivity index (χ3v) is 2.43. The van der Waals surface area contributed by atoms with Crippen molar-refractivity contribution in [1.29, 1.82) is 0 Å². The number of H-pyrrole nitrogens is 1. The van der Waals surface area contributed by atoms with Crippen LogP contribution >= 0.6 is 11.8 Å². The molecule has 5 heteroatoms. The molecular weight excluding hydrogens is 198 g/mol. The summed E-state index contributed by atoms with van der Waals surface area (Å²) >= 11 is 1.78. The van der Waals surface area contributed by atoms with Crippen LogP contribution in [0.15, 0.2) is 29.8 Å². The molecule has 0 unspecified atom stereocenters. The van der Waals surface area contributed by atoms with Gasteiger partial charge in [0.2, 0.25) is 0 Å². The highest BCUT2D eigenvalue weighted by Crippen LogP contribution is 2.00. The van der Waals surface area contributed by atoms with Gasteiger partial charge in [0.15, 0.2) is 0 Å². The number of nitrogens with zero attached hydrogens (tertiary/aromatic N) is 1. The van der Waals surface area contributed by atoms with E-state index in [-0.39, 0.29) is 5.56 Å². The summed E-state index contributed by atoms with van der Waals surface area (Å²) in [5, 5.41) is 3.06. The molecule has 76 valence electrons. The fourth-order valence-corrected chi connectivity index (χ4v) is 1.46. The number of thioether (sulfide) groups is 1. The molecule has 0 amide bonds. The monoisotopic (exact) mass is 211 g/mol. The van der Waals surface area contributed by atoms with Gasteiger partial charge in [0.05, 0.1) is 6.33 Å². The fraction of sp³-hybridized carbons (Fsp3) is 0.333. The largest absolute Gasteiger partial charge is 0.369 e. The summed E-state index contributed by atoms with van der Waals surface area (Å²) in [6.45, 7) is 4.43. The number of nitrogens with one attached hydrogen (secondary N) is 2. The van der Waals surface area contributed by atoms with Gasteiger partial charge in [0, 0.05) is 24.1 Å². The van der Waals surface area contributed by atoms with Gasteiger partial charge >= 0.3 is 0 Å². The number of hydrogen-bond acceptors (Lipinski definition) is 4. The van der Waals surface area contributed by atoms with Gasteiger partial charge in [-0.25, -0.2) is 4.98 Å². The van der Waals surface area contributed by atoms with E-state index in [9.17, 15) is 4.79 Å². The standard InChI is InChI=1S/C9H13N3OS/c1-2-4-14-5-3-10-8-6-9(13)12-7-11-8/h2,6-7H,1,3-5H2,(H2,10,11,12,13). The van der Waals surface area contributed by atoms with E-state index >= 15 is 0 Å². The van der Waals surface area contributed by atoms with E-state index in [0.29, 0.717) is 5.82 Å². The molecule has 0 fully saturated rings. The Labute approximate surface area is 86.8 Å². The van der Waals surface area contributed by atoms with Crippen LogP contribution in [0, 0.1) is 0 Å². The predicted octanol–water partition coefficient (Wildman–Crippen LogP) is 1.10. The molecule has 14 heavy (non-hydrogen) atoms. The lowest BCUT2D eigenvalue weighted by Gasteiger charge is -2.02. The summed E-state index contributed by atoms with van der Waals surface area (Å²) in [6.07, 6.45) is 3.26. The maximum absolute atomic E-state index is 10.9. The Balaban J connectivity index is 2.24. The molecular formula is C9H13N3OS. The topological polar surface area (TPSA) is 57.8 Å². The second-order valence-corrected chi connectivity index (χ2v) is 3.74. The van der Waals surface area contributed by atoms with Crippen LogP contribution in [-0.4, -0.2) is 28.0 Å². The highest BCUT2D eigenvalue weighted by Gasteiger charge is 1.92. The molecule has 0 bridgehead atoms. The van der Waals surface area contributed by atoms with Crippen molar-refractivity contribution in [3.8, 4) is 0 Å². The van der Waals surface area contributed by atoms with Crippen molar-refractivity contribution in [2.45, 2.75) is 0 Å². The van der Waals surface area contributed by atoms with Crippen LogP contribution in [0.25, 0.3) is 0 Å². The van der Waals surface area contributed by atoms with E-state index in [1.54, 1.807) is 11.8 Å². The van der Waals surface area contributed by atoms with Crippen LogP contribution in [0.1, 0.15) is 0 Å². The van der Waals surface area contributed by atoms with Gasteiger partial charge in [-0.3, -0.25) is 4.79 Å². The van der Waals surface area contributed by atoms with Crippen molar-refractivity contribution in [1.82, 2.24) is 9.97 Å². The zero-order valence-corrected chi connectivity index (χ0v) is 8.64. The highest BCUT2D eigenvalue weighted by atomic mass is 32.2. The molecule has 0 aromatic carbocycles. The maximum atomic E-state index is 10.9. The molecule has 0 atom stereocenters. The smallest absolute Gasteiger partial charge is 0.252 e. The Kier molecular flexibility index (Phi) is 4.85. The van der Waals surface area contributed by atoms with Crippen LogP contribution in [0.2, 0.25) is 0 Å². The van der Waals surface area contributed by atoms with E-state index in [0.717, 1.165) is 18.1 Å². The third-order valence-electron chi connectivity index (χ3n) is 1.47. The molecule has 0 aliphatic carbocycles. The number of hydrogen-bond donors (Lipinski definition) is 2. The number of aromatic amines is 1. The minimum absolute atomic E-state index is 0.138. The lowest BCUT2D eigenvalue weighted by atomic mass is 10.5. The maximum Gasteiger partial charge on any atom is 0.252 e. The minimum Gasteiger partial charge on any atom is -0.369 e. The van der Waals surface area contributed by atoms with Crippen LogP contribution in [-0.2, 0) is 0 Å². The average Bonchev–Trinajstić information content (AvgIpc) is 2.18. The number of rotatable bonds is 6. The van der Waals surface area contributed by atoms with Gasteiger partial charge in [-0.15, -0.1) is 6.58 Å². The zero-order valence-electron chi connectivity index (χ0n) is 7.82. The molecule has 0 saturated heterocycles. The summed E-state index contributed by atoms with van der Waals surface area (Å²) < 4.78 is 0. The molecule has 2 N–H and O–H groups in total. The first-order chi connectivity index (χ1) is 6.83. The molecule has 0 spiro atoms. The summed E-state index contributed by atoms with van der Waals surface area (Å²) in [5.74, 6) is 2.54. The van der Waals surface area contributed by atoms with E-state index < -0.39 is 0 Å². The second kappa shape index (κ2) is 6.26. The van der Waals surface area contributed by atoms with Crippen molar-refractivity contribution in [3.63, 3.8) is 0 Å². The fourth-order valence-electron chi connectivity index (χ4n) is 0.883. The zero-order chi connectivity index (χ0) is 10.2. The highest BCUT2D eigenvalue weighted by molar-refractivity contribution is 7.99. The Morgan fingerprint density at radius 2 is 2.57 bits per heavy atom. The molecule has 0 aliphatic rings. The van der Waals surface area contributed by atoms with Crippen LogP contribution < -0.4 is 10.9 Å². The van der Waals surface area contributed by atoms with Gasteiger partial charge in [0.25, 0.3) is 5.56 Å². The van der Waals surface area contributed by atoms with Crippen molar-refractivity contribution >= 4 is 17.6 Å². The Morgan fingerprint density at radius 1 is 1.71 bits per heavy atom. The minimum atomic E-state index is -0.138. The lowest BCUT2D eigenvalue weighted by Crippen LogP contribution is -2.11. The molecule has 1 heterocycles. The quantitative estimate of drug-likeness (QED) is 0.546. The van der Waals surface area contributed by atoms with Gasteiger partial charge in [-0.1, -0.05) is 6.08 Å². The van der Waals surface area contributed by atoms with E-state index in [4.69, 9.17) is 0 Å². The Bertz CT molecular complexity index is 337. The molecule has 0 radical (unpaired) electrons. The number of anilines is 1. The van der Waals surface area contributed by atoms with E-state index in [2.05, 4.69) is 21.9 Å². The summed E-state index contributed by atoms with van der Waals surface area (Å²) in [6, 6.07) is 1.44. The summed E-state index contributed by atoms with van der Waals surface area (Å²) in [4.78, 5) is 17.3. The van der Waals surface area contributed by atoms with Crippen molar-refractivity contribution in [2.75, 3.05) is 23.4 Å². The van der Waals surface area contributed by atoms with Crippen molar-refractivity contribution in [3.05, 3.63) is 35.4 Å². The summed E-state index contributed by atoms with van der Waals surface area (Å²) in [7, 11) is 0. The third kappa shape index (κ3) is 4.13. The van der Waals surface area contributed by atoms with E-state index in [1.807, 2.05) is 6.08 Å². The van der Waals surface area contributed by atoms with Crippen LogP contribution in [0.5, 0.6) is 0 Å². The van der Waals surface area contributed by atoms with Crippen LogP contribution in [0.4, 0.5) is 5.82 Å². The molecule has 1 rings (SSSR count). The molecule has 1 aromatic rings. The van der Waals surface area contributed by atoms with E-state index in [1.165, 1.54) is 12.4 Å². The van der Waals surface area contributed by atoms with Gasteiger partial charge in [-0.2, -0.15) is 11.8 Å². The first-order valence-electron chi connectivity index (χ1n) is 4.30. The Morgan fingerprint density at radius 3 is 3.29 bits per heavy atom. The van der Waals surface area contributed by atoms with Gasteiger partial charge < -0.3 is 10.3 Å². The average molecular weight is 211 g/mol. The SMILES string of the molecule is C=CCSCCNc1cc(=O)[nH]cn1. The van der Waals surface area contributed by atoms with Crippen molar-refractivity contribution < 1.29 is 0 Å². The normalized spacial score (nSPS) is 9.71. The Hall–Kier alpha value is -1.23. The molecule has 0 saturated carbocycles. The lowest BCUT2D eigenvalue weighted by molar-refractivity contribution is 1.09. The van der Waals surface area contributed by atoms with Crippen LogP contribution in [0.3, 0.4) is 0 Å². The number of aromatic nitrogens is 2.